The number of nitriles is 1. The molecule has 3 heterocycles. The van der Waals surface area contributed by atoms with E-state index in [1.807, 2.05) is 6.07 Å². The molecule has 0 radical (unpaired) electrons. The number of fused-ring (bicyclic) bond motifs is 2. The first-order valence-corrected chi connectivity index (χ1v) is 12.9. The third-order valence-electron chi connectivity index (χ3n) is 6.62. The summed E-state index contributed by atoms with van der Waals surface area (Å²) in [5, 5.41) is 31.4. The molecule has 1 aliphatic rings. The molecule has 1 aliphatic heterocycles. The fourth-order valence-electron chi connectivity index (χ4n) is 4.78. The Morgan fingerprint density at radius 2 is 1.95 bits per heavy atom. The van der Waals surface area contributed by atoms with Crippen molar-refractivity contribution in [3.05, 3.63) is 104 Å². The Kier molecular flexibility index (Phi) is 6.71. The third kappa shape index (κ3) is 4.62. The van der Waals surface area contributed by atoms with Crippen molar-refractivity contribution < 1.29 is 4.39 Å². The van der Waals surface area contributed by atoms with E-state index in [0.717, 1.165) is 18.7 Å². The first-order chi connectivity index (χ1) is 18.9. The molecule has 0 aliphatic carbocycles. The van der Waals surface area contributed by atoms with Crippen molar-refractivity contribution in [1.82, 2.24) is 25.7 Å². The lowest BCUT2D eigenvalue weighted by Gasteiger charge is -2.22. The minimum absolute atomic E-state index is 0.0516. The van der Waals surface area contributed by atoms with Crippen LogP contribution in [0.3, 0.4) is 0 Å². The third-order valence-corrected chi connectivity index (χ3v) is 7.69. The number of aromatic amines is 1. The highest BCUT2D eigenvalue weighted by atomic mass is 35.5. The van der Waals surface area contributed by atoms with Gasteiger partial charge in [-0.2, -0.15) is 5.26 Å². The van der Waals surface area contributed by atoms with Crippen LogP contribution in [0, 0.1) is 17.1 Å². The number of pyridine rings is 1. The van der Waals surface area contributed by atoms with Crippen molar-refractivity contribution in [3.63, 3.8) is 0 Å². The quantitative estimate of drug-likeness (QED) is 0.162. The minimum atomic E-state index is -0.740. The number of hydrogen-bond acceptors (Lipinski definition) is 7. The van der Waals surface area contributed by atoms with Gasteiger partial charge in [0.15, 0.2) is 5.82 Å². The number of nitrogens with zero attached hydrogens (tertiary/aromatic N) is 4. The van der Waals surface area contributed by atoms with Gasteiger partial charge in [0.25, 0.3) is 0 Å². The zero-order valence-electron chi connectivity index (χ0n) is 20.0. The van der Waals surface area contributed by atoms with E-state index in [4.69, 9.17) is 34.8 Å². The number of aromatic nitrogens is 4. The monoisotopic (exact) mass is 578 g/mol. The lowest BCUT2D eigenvalue weighted by molar-refractivity contribution is 0.632. The molecule has 1 atom stereocenters. The fraction of sp³-hybridized carbons (Fsp3) is 0.111. The second-order valence-electron chi connectivity index (χ2n) is 8.92. The molecule has 1 unspecified atom stereocenters. The zero-order chi connectivity index (χ0) is 27.1. The van der Waals surface area contributed by atoms with E-state index < -0.39 is 5.82 Å². The maximum atomic E-state index is 14.9. The van der Waals surface area contributed by atoms with Crippen LogP contribution in [-0.2, 0) is 13.1 Å². The van der Waals surface area contributed by atoms with Crippen LogP contribution >= 0.6 is 34.8 Å². The van der Waals surface area contributed by atoms with Gasteiger partial charge in [-0.1, -0.05) is 58.2 Å². The second-order valence-corrected chi connectivity index (χ2v) is 10.1. The predicted molar refractivity (Wildman–Crippen MR) is 150 cm³/mol. The van der Waals surface area contributed by atoms with Crippen molar-refractivity contribution in [2.24, 2.45) is 0 Å². The lowest BCUT2D eigenvalue weighted by Crippen LogP contribution is -2.15. The number of anilines is 3. The first kappa shape index (κ1) is 25.3. The number of hydrogen-bond donors (Lipinski definition) is 4. The number of rotatable bonds is 6. The van der Waals surface area contributed by atoms with Crippen molar-refractivity contribution >= 4 is 62.8 Å². The van der Waals surface area contributed by atoms with Crippen molar-refractivity contribution in [3.8, 4) is 6.07 Å². The Balaban J connectivity index is 1.48. The molecule has 0 amide bonds. The maximum absolute atomic E-state index is 14.9. The molecular weight excluding hydrogens is 562 g/mol. The number of benzene rings is 3. The molecule has 2 aromatic heterocycles. The summed E-state index contributed by atoms with van der Waals surface area (Å²) >= 11 is 18.7. The molecule has 194 valence electrons. The van der Waals surface area contributed by atoms with Crippen LogP contribution in [0.2, 0.25) is 15.1 Å². The molecule has 8 nitrogen and oxygen atoms in total. The summed E-state index contributed by atoms with van der Waals surface area (Å²) in [7, 11) is 0. The Bertz CT molecular complexity index is 1770. The van der Waals surface area contributed by atoms with E-state index >= 15 is 0 Å². The molecule has 0 saturated heterocycles. The van der Waals surface area contributed by atoms with Gasteiger partial charge in [0.05, 0.1) is 43.6 Å². The number of nitrogens with one attached hydrogen (secondary N) is 4. The van der Waals surface area contributed by atoms with Crippen LogP contribution < -0.4 is 16.0 Å². The van der Waals surface area contributed by atoms with Crippen molar-refractivity contribution in [2.75, 3.05) is 10.6 Å². The van der Waals surface area contributed by atoms with Crippen LogP contribution in [-0.4, -0.2) is 20.4 Å². The number of halogens is 4. The van der Waals surface area contributed by atoms with Gasteiger partial charge in [0, 0.05) is 36.6 Å². The normalized spacial score (nSPS) is 13.2. The average molecular weight is 580 g/mol. The fourth-order valence-corrected chi connectivity index (χ4v) is 5.36. The molecule has 5 aromatic rings. The topological polar surface area (TPSA) is 114 Å². The van der Waals surface area contributed by atoms with Gasteiger partial charge in [0.2, 0.25) is 0 Å². The molecular formula is C27H18Cl3FN8. The van der Waals surface area contributed by atoms with Crippen molar-refractivity contribution in [2.45, 2.75) is 19.1 Å². The van der Waals surface area contributed by atoms with Gasteiger partial charge in [-0.05, 0) is 41.0 Å². The van der Waals surface area contributed by atoms with E-state index in [-0.39, 0.29) is 27.3 Å². The van der Waals surface area contributed by atoms with Crippen LogP contribution in [0.15, 0.2) is 54.9 Å². The lowest BCUT2D eigenvalue weighted by atomic mass is 9.95. The van der Waals surface area contributed by atoms with E-state index in [2.05, 4.69) is 54.5 Å². The van der Waals surface area contributed by atoms with E-state index in [0.29, 0.717) is 33.0 Å². The highest BCUT2D eigenvalue weighted by molar-refractivity contribution is 6.42. The summed E-state index contributed by atoms with van der Waals surface area (Å²) in [5.41, 5.74) is 5.79. The van der Waals surface area contributed by atoms with Gasteiger partial charge in [-0.3, -0.25) is 10.1 Å². The summed E-state index contributed by atoms with van der Waals surface area (Å²) < 4.78 is 14.9. The summed E-state index contributed by atoms with van der Waals surface area (Å²) in [6.45, 7) is 1.53. The van der Waals surface area contributed by atoms with Gasteiger partial charge in [0.1, 0.15) is 11.8 Å². The van der Waals surface area contributed by atoms with Crippen LogP contribution in [0.5, 0.6) is 0 Å². The largest absolute Gasteiger partial charge is 0.373 e. The van der Waals surface area contributed by atoms with Gasteiger partial charge < -0.3 is 16.0 Å². The predicted octanol–water partition coefficient (Wildman–Crippen LogP) is 6.87. The Labute approximate surface area is 237 Å². The summed E-state index contributed by atoms with van der Waals surface area (Å²) in [4.78, 5) is 4.38. The van der Waals surface area contributed by atoms with E-state index in [1.54, 1.807) is 18.3 Å². The molecule has 39 heavy (non-hydrogen) atoms. The molecule has 4 N–H and O–H groups in total. The van der Waals surface area contributed by atoms with Gasteiger partial charge in [-0.15, -0.1) is 5.10 Å². The van der Waals surface area contributed by atoms with Gasteiger partial charge in [-0.25, -0.2) is 4.39 Å². The molecule has 3 aromatic carbocycles. The Hall–Kier alpha value is -3.94. The molecule has 0 fully saturated rings. The Morgan fingerprint density at radius 1 is 1.08 bits per heavy atom. The zero-order valence-corrected chi connectivity index (χ0v) is 22.3. The van der Waals surface area contributed by atoms with E-state index in [1.165, 1.54) is 29.5 Å². The second kappa shape index (κ2) is 10.3. The standard InChI is InChI=1S/C27H18Cl3FN8/c28-19-4-5-21(24(31)23(19)30)37-25-14(8-32)10-34-26-17(25)6-15(7-20(26)29)36-27(22-12-35-39-38-22)16-3-1-2-13-9-33-11-18(13)16/h1-7,10,12,27,33,36H,9,11H2,(H,34,37)(H,35,38,39). The van der Waals surface area contributed by atoms with Gasteiger partial charge >= 0.3 is 0 Å². The first-order valence-electron chi connectivity index (χ1n) is 11.8. The molecule has 0 bridgehead atoms. The van der Waals surface area contributed by atoms with E-state index in [9.17, 15) is 9.65 Å². The SMILES string of the molecule is N#Cc1cnc2c(Cl)cc(NC(c3c[nH]nn3)c3cccc4c3CNC4)cc2c1Nc1ccc(Cl)c(Cl)c1F. The Morgan fingerprint density at radius 3 is 2.74 bits per heavy atom. The van der Waals surface area contributed by atoms with Crippen LogP contribution in [0.4, 0.5) is 21.5 Å². The summed E-state index contributed by atoms with van der Waals surface area (Å²) in [6, 6.07) is 14.4. The van der Waals surface area contributed by atoms with Crippen LogP contribution in [0.25, 0.3) is 10.9 Å². The molecule has 12 heteroatoms. The summed E-state index contributed by atoms with van der Waals surface area (Å²) in [5.74, 6) is -0.740. The molecule has 6 rings (SSSR count). The highest BCUT2D eigenvalue weighted by Crippen LogP contribution is 2.39. The molecule has 0 spiro atoms. The highest BCUT2D eigenvalue weighted by Gasteiger charge is 2.25. The average Bonchev–Trinajstić information content (AvgIpc) is 3.65. The minimum Gasteiger partial charge on any atom is -0.373 e. The summed E-state index contributed by atoms with van der Waals surface area (Å²) in [6.07, 6.45) is 3.12. The smallest absolute Gasteiger partial charge is 0.166 e. The maximum Gasteiger partial charge on any atom is 0.166 e. The molecule has 0 saturated carbocycles. The van der Waals surface area contributed by atoms with Crippen LogP contribution in [0.1, 0.15) is 34.0 Å². The van der Waals surface area contributed by atoms with Crippen molar-refractivity contribution in [1.29, 1.82) is 5.26 Å². The number of H-pyrrole nitrogens is 1.